The predicted molar refractivity (Wildman–Crippen MR) is 47.5 cm³/mol. The summed E-state index contributed by atoms with van der Waals surface area (Å²) >= 11 is 0. The molecule has 0 aromatic rings. The quantitative estimate of drug-likeness (QED) is 0.642. The van der Waals surface area contributed by atoms with Crippen LogP contribution in [-0.2, 0) is 0 Å². The summed E-state index contributed by atoms with van der Waals surface area (Å²) in [5, 5.41) is 0. The molecule has 2 heteroatoms. The molecule has 0 saturated heterocycles. The van der Waals surface area contributed by atoms with Crippen LogP contribution in [0, 0.1) is 17.8 Å². The van der Waals surface area contributed by atoms with Crippen LogP contribution in [0.3, 0.4) is 0 Å². The molecule has 2 rings (SSSR count). The molecule has 0 aromatic carbocycles. The first-order valence-electron chi connectivity index (χ1n) is 5.01. The minimum Gasteiger partial charge on any atom is -0.330 e. The normalized spacial score (nSPS) is 52.8. The van der Waals surface area contributed by atoms with Gasteiger partial charge in [0, 0.05) is 0 Å². The zero-order valence-electron chi connectivity index (χ0n) is 7.72. The molecule has 2 aliphatic rings. The van der Waals surface area contributed by atoms with Crippen LogP contribution in [0.2, 0.25) is 0 Å². The van der Waals surface area contributed by atoms with E-state index in [1.54, 1.807) is 6.92 Å². The molecule has 70 valence electrons. The summed E-state index contributed by atoms with van der Waals surface area (Å²) in [6.45, 7) is 2.52. The van der Waals surface area contributed by atoms with Crippen molar-refractivity contribution in [3.8, 4) is 0 Å². The Morgan fingerprint density at radius 1 is 1.33 bits per heavy atom. The summed E-state index contributed by atoms with van der Waals surface area (Å²) in [6, 6.07) is 0. The van der Waals surface area contributed by atoms with Crippen molar-refractivity contribution in [1.29, 1.82) is 0 Å². The van der Waals surface area contributed by atoms with Gasteiger partial charge in [-0.25, -0.2) is 4.39 Å². The zero-order valence-corrected chi connectivity index (χ0v) is 7.72. The lowest BCUT2D eigenvalue weighted by molar-refractivity contribution is 0.0527. The van der Waals surface area contributed by atoms with Crippen LogP contribution in [0.15, 0.2) is 0 Å². The van der Waals surface area contributed by atoms with Gasteiger partial charge in [0.25, 0.3) is 0 Å². The summed E-state index contributed by atoms with van der Waals surface area (Å²) in [6.07, 6.45) is 3.94. The fourth-order valence-electron chi connectivity index (χ4n) is 3.31. The fraction of sp³-hybridized carbons (Fsp3) is 1.00. The lowest BCUT2D eigenvalue weighted by atomic mass is 9.72. The number of hydrogen-bond acceptors (Lipinski definition) is 1. The van der Waals surface area contributed by atoms with Crippen molar-refractivity contribution >= 4 is 0 Å². The van der Waals surface area contributed by atoms with Gasteiger partial charge in [-0.2, -0.15) is 0 Å². The van der Waals surface area contributed by atoms with Crippen LogP contribution < -0.4 is 5.73 Å². The van der Waals surface area contributed by atoms with Gasteiger partial charge in [0.15, 0.2) is 0 Å². The van der Waals surface area contributed by atoms with E-state index in [0.29, 0.717) is 17.8 Å². The standard InChI is InChI=1S/C10H18FN/c1-10(11)4-7-2-3-8(5-10)9(7)6-12/h7-9H,2-6,12H2,1H3. The van der Waals surface area contributed by atoms with Gasteiger partial charge in [-0.05, 0) is 56.9 Å². The van der Waals surface area contributed by atoms with Crippen molar-refractivity contribution in [2.75, 3.05) is 6.54 Å². The molecule has 2 bridgehead atoms. The molecule has 0 amide bonds. The van der Waals surface area contributed by atoms with Crippen LogP contribution in [0.5, 0.6) is 0 Å². The summed E-state index contributed by atoms with van der Waals surface area (Å²) in [5.74, 6) is 1.81. The molecule has 2 saturated carbocycles. The van der Waals surface area contributed by atoms with Gasteiger partial charge in [-0.15, -0.1) is 0 Å². The monoisotopic (exact) mass is 171 g/mol. The van der Waals surface area contributed by atoms with Gasteiger partial charge < -0.3 is 5.73 Å². The van der Waals surface area contributed by atoms with Gasteiger partial charge in [0.05, 0.1) is 0 Å². The second kappa shape index (κ2) is 2.69. The second-order valence-electron chi connectivity index (χ2n) is 4.82. The van der Waals surface area contributed by atoms with E-state index in [-0.39, 0.29) is 0 Å². The Labute approximate surface area is 73.5 Å². The molecule has 2 N–H and O–H groups in total. The van der Waals surface area contributed by atoms with E-state index >= 15 is 0 Å². The third kappa shape index (κ3) is 1.26. The van der Waals surface area contributed by atoms with E-state index in [2.05, 4.69) is 0 Å². The first-order valence-corrected chi connectivity index (χ1v) is 5.01. The first-order chi connectivity index (χ1) is 5.62. The molecule has 2 unspecified atom stereocenters. The van der Waals surface area contributed by atoms with Gasteiger partial charge in [0.1, 0.15) is 5.67 Å². The third-order valence-electron chi connectivity index (χ3n) is 3.77. The molecule has 0 radical (unpaired) electrons. The van der Waals surface area contributed by atoms with Crippen LogP contribution in [-0.4, -0.2) is 12.2 Å². The lowest BCUT2D eigenvalue weighted by Crippen LogP contribution is -2.37. The molecule has 2 aliphatic carbocycles. The highest BCUT2D eigenvalue weighted by Gasteiger charge is 2.46. The zero-order chi connectivity index (χ0) is 8.77. The molecular formula is C10H18FN. The maximum atomic E-state index is 13.7. The lowest BCUT2D eigenvalue weighted by Gasteiger charge is -2.36. The Kier molecular flexibility index (Phi) is 1.90. The number of rotatable bonds is 1. The fourth-order valence-corrected chi connectivity index (χ4v) is 3.31. The number of halogens is 1. The third-order valence-corrected chi connectivity index (χ3v) is 3.77. The van der Waals surface area contributed by atoms with Crippen molar-refractivity contribution < 1.29 is 4.39 Å². The van der Waals surface area contributed by atoms with Gasteiger partial charge in [-0.3, -0.25) is 0 Å². The van der Waals surface area contributed by atoms with Crippen molar-refractivity contribution in [2.45, 2.75) is 38.3 Å². The summed E-state index contributed by atoms with van der Waals surface area (Å²) in [5.41, 5.74) is 4.80. The largest absolute Gasteiger partial charge is 0.330 e. The van der Waals surface area contributed by atoms with Crippen molar-refractivity contribution in [3.63, 3.8) is 0 Å². The number of fused-ring (bicyclic) bond motifs is 2. The van der Waals surface area contributed by atoms with Crippen LogP contribution >= 0.6 is 0 Å². The molecule has 2 atom stereocenters. The van der Waals surface area contributed by atoms with Crippen molar-refractivity contribution in [3.05, 3.63) is 0 Å². The van der Waals surface area contributed by atoms with Crippen molar-refractivity contribution in [1.82, 2.24) is 0 Å². The average molecular weight is 171 g/mol. The topological polar surface area (TPSA) is 26.0 Å². The average Bonchev–Trinajstić information content (AvgIpc) is 2.23. The van der Waals surface area contributed by atoms with E-state index < -0.39 is 5.67 Å². The highest BCUT2D eigenvalue weighted by Crippen LogP contribution is 2.51. The first kappa shape index (κ1) is 8.49. The van der Waals surface area contributed by atoms with E-state index in [1.165, 1.54) is 12.8 Å². The van der Waals surface area contributed by atoms with E-state index in [0.717, 1.165) is 19.4 Å². The molecular weight excluding hydrogens is 153 g/mol. The smallest absolute Gasteiger partial charge is 0.108 e. The van der Waals surface area contributed by atoms with E-state index in [1.807, 2.05) is 0 Å². The molecule has 12 heavy (non-hydrogen) atoms. The SMILES string of the molecule is CC1(F)CC2CCC(C1)C2CN. The van der Waals surface area contributed by atoms with Crippen LogP contribution in [0.1, 0.15) is 32.6 Å². The molecule has 2 fully saturated rings. The second-order valence-corrected chi connectivity index (χ2v) is 4.82. The van der Waals surface area contributed by atoms with E-state index in [9.17, 15) is 4.39 Å². The van der Waals surface area contributed by atoms with Crippen LogP contribution in [0.25, 0.3) is 0 Å². The Balaban J connectivity index is 2.11. The Hall–Kier alpha value is -0.110. The molecule has 0 heterocycles. The molecule has 1 nitrogen and oxygen atoms in total. The minimum atomic E-state index is -0.891. The highest BCUT2D eigenvalue weighted by molar-refractivity contribution is 4.97. The van der Waals surface area contributed by atoms with Crippen molar-refractivity contribution in [2.24, 2.45) is 23.5 Å². The predicted octanol–water partition coefficient (Wildman–Crippen LogP) is 2.11. The Morgan fingerprint density at radius 2 is 1.83 bits per heavy atom. The summed E-state index contributed by atoms with van der Waals surface area (Å²) in [4.78, 5) is 0. The summed E-state index contributed by atoms with van der Waals surface area (Å²) in [7, 11) is 0. The van der Waals surface area contributed by atoms with E-state index in [4.69, 9.17) is 5.73 Å². The summed E-state index contributed by atoms with van der Waals surface area (Å²) < 4.78 is 13.7. The van der Waals surface area contributed by atoms with Crippen LogP contribution in [0.4, 0.5) is 4.39 Å². The van der Waals surface area contributed by atoms with Gasteiger partial charge >= 0.3 is 0 Å². The molecule has 0 aliphatic heterocycles. The molecule has 0 aromatic heterocycles. The number of alkyl halides is 1. The maximum Gasteiger partial charge on any atom is 0.108 e. The number of hydrogen-bond donors (Lipinski definition) is 1. The Morgan fingerprint density at radius 3 is 2.25 bits per heavy atom. The Bertz CT molecular complexity index is 163. The minimum absolute atomic E-state index is 0.587. The maximum absolute atomic E-state index is 13.7. The number of nitrogens with two attached hydrogens (primary N) is 1. The highest BCUT2D eigenvalue weighted by atomic mass is 19.1. The van der Waals surface area contributed by atoms with Gasteiger partial charge in [0.2, 0.25) is 0 Å². The van der Waals surface area contributed by atoms with Gasteiger partial charge in [-0.1, -0.05) is 0 Å². The molecule has 0 spiro atoms.